The van der Waals surface area contributed by atoms with Crippen molar-refractivity contribution in [3.63, 3.8) is 0 Å². The van der Waals surface area contributed by atoms with E-state index < -0.39 is 115 Å². The van der Waals surface area contributed by atoms with Crippen LogP contribution < -0.4 is 0 Å². The van der Waals surface area contributed by atoms with E-state index in [4.69, 9.17) is 28.4 Å². The molecule has 0 aromatic heterocycles. The van der Waals surface area contributed by atoms with Crippen molar-refractivity contribution in [2.45, 2.75) is 177 Å². The van der Waals surface area contributed by atoms with Gasteiger partial charge in [-0.3, -0.25) is 0 Å². The summed E-state index contributed by atoms with van der Waals surface area (Å²) in [6.07, 6.45) is -10.2. The Kier molecular flexibility index (Phi) is 10.3. The third-order valence-corrected chi connectivity index (χ3v) is 15.9. The van der Waals surface area contributed by atoms with E-state index in [2.05, 4.69) is 13.0 Å². The Morgan fingerprint density at radius 3 is 2.26 bits per heavy atom. The average Bonchev–Trinajstić information content (AvgIpc) is 3.50. The molecule has 9 N–H and O–H groups in total. The predicted molar refractivity (Wildman–Crippen MR) is 186 cm³/mol. The van der Waals surface area contributed by atoms with Crippen molar-refractivity contribution in [2.75, 3.05) is 13.2 Å². The van der Waals surface area contributed by atoms with E-state index >= 15 is 0 Å². The lowest BCUT2D eigenvalue weighted by atomic mass is 9.45. The molecule has 23 atom stereocenters. The minimum absolute atomic E-state index is 0.0270. The van der Waals surface area contributed by atoms with E-state index in [-0.39, 0.29) is 29.1 Å². The molecular formula is C39H62O15. The molecule has 0 aromatic carbocycles. The Balaban J connectivity index is 0.998. The standard InChI is InChI=1S/C39H62O15/c1-16-10-26(42)39(49-15-16)18(3)38(48)27(54-39)13-23-21-7-6-19-11-20(8-9-36(19,4)22(21)12-25(41)37(23,38)5)51-35-33(31(46)29(44)24(14-40)52-35)53-34-32(47)30(45)28(43)17(2)50-34/h6,16-18,20-35,40-48H,7-15H2,1-5H3/t16-,17+,18+,20+,21-,22+,23+,24-,25+,26+,27+,28+,29-,30-,31+,32-,33-,34+,35-,36+,37-,38-,39+/m1/s1. The van der Waals surface area contributed by atoms with Gasteiger partial charge in [0.05, 0.1) is 37.6 Å². The van der Waals surface area contributed by atoms with Gasteiger partial charge in [0, 0.05) is 11.3 Å². The first-order valence-corrected chi connectivity index (χ1v) is 20.1. The number of aliphatic hydroxyl groups is 9. The third-order valence-electron chi connectivity index (χ3n) is 15.9. The number of fused-ring (bicyclic) bond motifs is 7. The molecule has 0 amide bonds. The molecular weight excluding hydrogens is 708 g/mol. The van der Waals surface area contributed by atoms with E-state index in [1.165, 1.54) is 12.5 Å². The third kappa shape index (κ3) is 5.55. The second kappa shape index (κ2) is 13.9. The van der Waals surface area contributed by atoms with Crippen LogP contribution in [0.3, 0.4) is 0 Å². The summed E-state index contributed by atoms with van der Waals surface area (Å²) >= 11 is 0. The van der Waals surface area contributed by atoms with Crippen LogP contribution in [-0.4, -0.2) is 156 Å². The second-order valence-electron chi connectivity index (χ2n) is 18.6. The largest absolute Gasteiger partial charge is 0.394 e. The molecule has 15 nitrogen and oxygen atoms in total. The zero-order valence-electron chi connectivity index (χ0n) is 31.9. The van der Waals surface area contributed by atoms with Crippen LogP contribution in [0.15, 0.2) is 11.6 Å². The molecule has 8 rings (SSSR count). The van der Waals surface area contributed by atoms with Crippen LogP contribution in [0.2, 0.25) is 0 Å². The van der Waals surface area contributed by atoms with Crippen LogP contribution in [0, 0.1) is 40.4 Å². The fourth-order valence-corrected chi connectivity index (χ4v) is 12.6. The zero-order chi connectivity index (χ0) is 38.9. The summed E-state index contributed by atoms with van der Waals surface area (Å²) < 4.78 is 36.8. The number of ether oxygens (including phenoxy) is 6. The van der Waals surface area contributed by atoms with E-state index in [1.807, 2.05) is 20.8 Å². The summed E-state index contributed by atoms with van der Waals surface area (Å²) in [5.74, 6) is -1.40. The molecule has 4 aliphatic carbocycles. The Morgan fingerprint density at radius 2 is 1.56 bits per heavy atom. The van der Waals surface area contributed by atoms with E-state index in [9.17, 15) is 46.0 Å². The van der Waals surface area contributed by atoms with E-state index in [1.54, 1.807) is 0 Å². The molecule has 4 aliphatic heterocycles. The predicted octanol–water partition coefficient (Wildman–Crippen LogP) is -0.554. The van der Waals surface area contributed by atoms with Gasteiger partial charge in [-0.1, -0.05) is 39.3 Å². The quantitative estimate of drug-likeness (QED) is 0.160. The topological polar surface area (TPSA) is 237 Å². The van der Waals surface area contributed by atoms with Crippen molar-refractivity contribution in [1.82, 2.24) is 0 Å². The summed E-state index contributed by atoms with van der Waals surface area (Å²) in [5, 5.41) is 99.1. The van der Waals surface area contributed by atoms with Gasteiger partial charge < -0.3 is 74.4 Å². The molecule has 0 radical (unpaired) electrons. The molecule has 1 spiro atoms. The van der Waals surface area contributed by atoms with Crippen LogP contribution >= 0.6 is 0 Å². The van der Waals surface area contributed by atoms with Crippen LogP contribution in [0.25, 0.3) is 0 Å². The normalized spacial score (nSPS) is 60.0. The average molecular weight is 771 g/mol. The molecule has 4 heterocycles. The summed E-state index contributed by atoms with van der Waals surface area (Å²) in [6.45, 7) is 9.53. The Labute approximate surface area is 316 Å². The summed E-state index contributed by atoms with van der Waals surface area (Å²) in [4.78, 5) is 0. The fraction of sp³-hybridized carbons (Fsp3) is 0.949. The number of hydrogen-bond donors (Lipinski definition) is 9. The molecule has 8 aliphatic rings. The van der Waals surface area contributed by atoms with Crippen molar-refractivity contribution in [3.05, 3.63) is 11.6 Å². The highest BCUT2D eigenvalue weighted by Crippen LogP contribution is 2.72. The maximum Gasteiger partial charge on any atom is 0.200 e. The van der Waals surface area contributed by atoms with Crippen molar-refractivity contribution in [1.29, 1.82) is 0 Å². The van der Waals surface area contributed by atoms with Gasteiger partial charge in [0.1, 0.15) is 54.4 Å². The van der Waals surface area contributed by atoms with Crippen molar-refractivity contribution >= 4 is 0 Å². The van der Waals surface area contributed by atoms with Gasteiger partial charge in [0.15, 0.2) is 18.4 Å². The molecule has 54 heavy (non-hydrogen) atoms. The molecule has 0 aromatic rings. The molecule has 15 heteroatoms. The van der Waals surface area contributed by atoms with Gasteiger partial charge in [-0.2, -0.15) is 0 Å². The SMILES string of the molecule is C[C@H]1CO[C@@]2(O[C@H]3C[C@H]4[C@@H]5CC=C6C[C@@H](O[C@@H]7O[C@H](CO)[C@@H](O)[C@H](O)[C@H]7O[C@@H]7O[C@@H](C)[C@H](O)[C@@H](O)[C@H]7O)CC[C@]6(C)[C@H]5C[C@H](O)[C@]4(C)[C@@]3(O)[C@@H]2C)[C@@H](O)C1. The number of aliphatic hydroxyl groups excluding tert-OH is 8. The Bertz CT molecular complexity index is 1430. The highest BCUT2D eigenvalue weighted by Gasteiger charge is 2.79. The smallest absolute Gasteiger partial charge is 0.200 e. The molecule has 4 saturated heterocycles. The molecule has 7 fully saturated rings. The Morgan fingerprint density at radius 1 is 0.815 bits per heavy atom. The Hall–Kier alpha value is -0.860. The summed E-state index contributed by atoms with van der Waals surface area (Å²) in [6, 6.07) is 0. The summed E-state index contributed by atoms with van der Waals surface area (Å²) in [5.41, 5.74) is -1.34. The molecule has 3 saturated carbocycles. The lowest BCUT2D eigenvalue weighted by molar-refractivity contribution is -0.369. The minimum atomic E-state index is -1.66. The van der Waals surface area contributed by atoms with Gasteiger partial charge in [-0.05, 0) is 81.0 Å². The van der Waals surface area contributed by atoms with Gasteiger partial charge in [0.25, 0.3) is 0 Å². The first-order chi connectivity index (χ1) is 25.4. The van der Waals surface area contributed by atoms with Gasteiger partial charge in [-0.25, -0.2) is 0 Å². The molecule has 0 bridgehead atoms. The van der Waals surface area contributed by atoms with Gasteiger partial charge in [0.2, 0.25) is 0 Å². The fourth-order valence-electron chi connectivity index (χ4n) is 12.6. The van der Waals surface area contributed by atoms with E-state index in [0.29, 0.717) is 38.7 Å². The van der Waals surface area contributed by atoms with Crippen molar-refractivity contribution in [2.24, 2.45) is 40.4 Å². The van der Waals surface area contributed by atoms with Crippen LogP contribution in [0.5, 0.6) is 0 Å². The van der Waals surface area contributed by atoms with Crippen molar-refractivity contribution < 1.29 is 74.4 Å². The number of rotatable bonds is 5. The lowest BCUT2D eigenvalue weighted by Gasteiger charge is -2.61. The van der Waals surface area contributed by atoms with Crippen molar-refractivity contribution in [3.8, 4) is 0 Å². The number of hydrogen-bond acceptors (Lipinski definition) is 15. The minimum Gasteiger partial charge on any atom is -0.394 e. The lowest BCUT2D eigenvalue weighted by Crippen LogP contribution is -2.66. The zero-order valence-corrected chi connectivity index (χ0v) is 31.9. The molecule has 0 unspecified atom stereocenters. The number of allylic oxidation sites excluding steroid dienone is 1. The maximum absolute atomic E-state index is 12.7. The summed E-state index contributed by atoms with van der Waals surface area (Å²) in [7, 11) is 0. The van der Waals surface area contributed by atoms with Crippen LogP contribution in [0.1, 0.15) is 79.6 Å². The van der Waals surface area contributed by atoms with Gasteiger partial charge in [-0.15, -0.1) is 0 Å². The van der Waals surface area contributed by atoms with Gasteiger partial charge >= 0.3 is 0 Å². The second-order valence-corrected chi connectivity index (χ2v) is 18.6. The highest BCUT2D eigenvalue weighted by atomic mass is 16.8. The van der Waals surface area contributed by atoms with Crippen LogP contribution in [-0.2, 0) is 28.4 Å². The van der Waals surface area contributed by atoms with Crippen LogP contribution in [0.4, 0.5) is 0 Å². The molecule has 308 valence electrons. The maximum atomic E-state index is 12.7. The van der Waals surface area contributed by atoms with E-state index in [0.717, 1.165) is 12.8 Å². The highest BCUT2D eigenvalue weighted by molar-refractivity contribution is 5.30. The first kappa shape index (κ1) is 39.9. The monoisotopic (exact) mass is 770 g/mol. The first-order valence-electron chi connectivity index (χ1n) is 20.1.